The molecule has 0 bridgehead atoms. The Labute approximate surface area is 169 Å². The fraction of sp³-hybridized carbons (Fsp3) is 0.227. The van der Waals surface area contributed by atoms with E-state index in [9.17, 15) is 4.79 Å². The molecule has 0 unspecified atom stereocenters. The maximum absolute atomic E-state index is 11.0. The number of hydrazone groups is 1. The van der Waals surface area contributed by atoms with Gasteiger partial charge in [-0.15, -0.1) is 0 Å². The number of carboxylic acids is 1. The van der Waals surface area contributed by atoms with Crippen LogP contribution in [0.15, 0.2) is 59.7 Å². The largest absolute Gasteiger partial charge is 0.478 e. The molecule has 29 heavy (non-hydrogen) atoms. The van der Waals surface area contributed by atoms with Crippen LogP contribution >= 0.6 is 0 Å². The number of hydrogen-bond acceptors (Lipinski definition) is 5. The van der Waals surface area contributed by atoms with Crippen LogP contribution < -0.4 is 10.3 Å². The van der Waals surface area contributed by atoms with Crippen LogP contribution in [0.25, 0.3) is 5.69 Å². The molecule has 4 rings (SSSR count). The molecule has 0 saturated carbocycles. The fourth-order valence-corrected chi connectivity index (χ4v) is 3.52. The molecule has 148 valence electrons. The number of nitrogens with one attached hydrogen (secondary N) is 1. The van der Waals surface area contributed by atoms with E-state index in [4.69, 9.17) is 10.2 Å². The molecule has 0 spiro atoms. The van der Waals surface area contributed by atoms with Gasteiger partial charge in [0.2, 0.25) is 0 Å². The summed E-state index contributed by atoms with van der Waals surface area (Å²) >= 11 is 0. The molecule has 7 heteroatoms. The second-order valence-electron chi connectivity index (χ2n) is 7.02. The van der Waals surface area contributed by atoms with Crippen LogP contribution in [0.2, 0.25) is 0 Å². The molecule has 0 amide bonds. The molecule has 1 aliphatic rings. The predicted octanol–water partition coefficient (Wildman–Crippen LogP) is 3.93. The van der Waals surface area contributed by atoms with Crippen LogP contribution in [-0.4, -0.2) is 40.2 Å². The van der Waals surface area contributed by atoms with Crippen molar-refractivity contribution in [1.82, 2.24) is 9.78 Å². The third-order valence-electron chi connectivity index (χ3n) is 5.01. The monoisotopic (exact) mass is 389 g/mol. The van der Waals surface area contributed by atoms with Crippen molar-refractivity contribution in [2.75, 3.05) is 23.4 Å². The quantitative estimate of drug-likeness (QED) is 0.493. The van der Waals surface area contributed by atoms with Gasteiger partial charge in [-0.05, 0) is 56.2 Å². The van der Waals surface area contributed by atoms with Gasteiger partial charge in [-0.25, -0.2) is 9.48 Å². The Morgan fingerprint density at radius 1 is 1.10 bits per heavy atom. The van der Waals surface area contributed by atoms with Gasteiger partial charge in [0.1, 0.15) is 5.82 Å². The average Bonchev–Trinajstić information content (AvgIpc) is 3.37. The van der Waals surface area contributed by atoms with Gasteiger partial charge < -0.3 is 10.0 Å². The van der Waals surface area contributed by atoms with E-state index in [0.29, 0.717) is 0 Å². The van der Waals surface area contributed by atoms with Crippen molar-refractivity contribution in [2.24, 2.45) is 5.10 Å². The van der Waals surface area contributed by atoms with E-state index < -0.39 is 5.97 Å². The number of para-hydroxylation sites is 1. The smallest absolute Gasteiger partial charge is 0.335 e. The number of nitrogens with zero attached hydrogens (tertiary/aromatic N) is 4. The lowest BCUT2D eigenvalue weighted by molar-refractivity contribution is 0.0697. The van der Waals surface area contributed by atoms with Crippen molar-refractivity contribution in [1.29, 1.82) is 0 Å². The summed E-state index contributed by atoms with van der Waals surface area (Å²) in [4.78, 5) is 13.3. The second-order valence-corrected chi connectivity index (χ2v) is 7.02. The van der Waals surface area contributed by atoms with Gasteiger partial charge in [0.15, 0.2) is 0 Å². The van der Waals surface area contributed by atoms with Gasteiger partial charge in [0.05, 0.1) is 34.4 Å². The molecule has 0 aliphatic carbocycles. The number of benzene rings is 2. The van der Waals surface area contributed by atoms with E-state index in [1.807, 2.05) is 29.8 Å². The Hall–Kier alpha value is -3.61. The second kappa shape index (κ2) is 8.18. The zero-order chi connectivity index (χ0) is 20.2. The van der Waals surface area contributed by atoms with Crippen LogP contribution in [0.1, 0.15) is 34.5 Å². The zero-order valence-corrected chi connectivity index (χ0v) is 16.2. The van der Waals surface area contributed by atoms with Crippen molar-refractivity contribution < 1.29 is 9.90 Å². The summed E-state index contributed by atoms with van der Waals surface area (Å²) in [7, 11) is 0. The molecule has 2 N–H and O–H groups in total. The minimum atomic E-state index is -0.945. The molecule has 1 fully saturated rings. The Morgan fingerprint density at radius 3 is 2.45 bits per heavy atom. The molecule has 1 saturated heterocycles. The van der Waals surface area contributed by atoms with E-state index in [0.717, 1.165) is 41.5 Å². The first-order valence-electron chi connectivity index (χ1n) is 9.66. The van der Waals surface area contributed by atoms with E-state index in [1.165, 1.54) is 12.8 Å². The highest BCUT2D eigenvalue weighted by Gasteiger charge is 2.23. The lowest BCUT2D eigenvalue weighted by Gasteiger charge is -2.20. The standard InChI is InChI=1S/C22H23N5O2/c1-16-20(15-23-24-18-11-9-17(10-12-18)22(28)29)21(26-13-5-6-14-26)27(25-16)19-7-3-2-4-8-19/h2-4,7-12,15,24H,5-6,13-14H2,1H3,(H,28,29)/b23-15+. The van der Waals surface area contributed by atoms with Crippen LogP contribution in [0.5, 0.6) is 0 Å². The molecule has 1 aromatic heterocycles. The fourth-order valence-electron chi connectivity index (χ4n) is 3.52. The number of carboxylic acid groups (broad SMARTS) is 1. The first-order valence-corrected chi connectivity index (χ1v) is 9.66. The van der Waals surface area contributed by atoms with Gasteiger partial charge >= 0.3 is 5.97 Å². The Balaban J connectivity index is 1.63. The predicted molar refractivity (Wildman–Crippen MR) is 114 cm³/mol. The summed E-state index contributed by atoms with van der Waals surface area (Å²) in [6, 6.07) is 16.6. The van der Waals surface area contributed by atoms with Gasteiger partial charge in [0.25, 0.3) is 0 Å². The minimum absolute atomic E-state index is 0.246. The summed E-state index contributed by atoms with van der Waals surface area (Å²) in [5.74, 6) is 0.109. The molecule has 7 nitrogen and oxygen atoms in total. The SMILES string of the molecule is Cc1nn(-c2ccccc2)c(N2CCCC2)c1/C=N/Nc1ccc(C(=O)O)cc1. The van der Waals surface area contributed by atoms with Crippen LogP contribution in [0.4, 0.5) is 11.5 Å². The summed E-state index contributed by atoms with van der Waals surface area (Å²) in [5, 5.41) is 18.2. The minimum Gasteiger partial charge on any atom is -0.478 e. The number of aromatic carboxylic acids is 1. The number of carbonyl (C=O) groups is 1. The van der Waals surface area contributed by atoms with Crippen LogP contribution in [0, 0.1) is 6.92 Å². The molecule has 0 radical (unpaired) electrons. The van der Waals surface area contributed by atoms with Crippen molar-refractivity contribution in [3.63, 3.8) is 0 Å². The summed E-state index contributed by atoms with van der Waals surface area (Å²) in [6.07, 6.45) is 4.13. The number of rotatable bonds is 6. The topological polar surface area (TPSA) is 82.8 Å². The molecule has 2 heterocycles. The maximum atomic E-state index is 11.0. The first kappa shape index (κ1) is 18.7. The Bertz CT molecular complexity index is 1020. The van der Waals surface area contributed by atoms with Gasteiger partial charge in [-0.1, -0.05) is 18.2 Å². The molecule has 1 aliphatic heterocycles. The lowest BCUT2D eigenvalue weighted by Crippen LogP contribution is -2.22. The van der Waals surface area contributed by atoms with Crippen molar-refractivity contribution in [3.05, 3.63) is 71.4 Å². The van der Waals surface area contributed by atoms with Crippen molar-refractivity contribution in [2.45, 2.75) is 19.8 Å². The maximum Gasteiger partial charge on any atom is 0.335 e. The number of anilines is 2. The van der Waals surface area contributed by atoms with E-state index in [-0.39, 0.29) is 5.56 Å². The number of aromatic nitrogens is 2. The molecule has 3 aromatic rings. The first-order chi connectivity index (χ1) is 14.1. The summed E-state index contributed by atoms with van der Waals surface area (Å²) in [5.41, 5.74) is 6.85. The highest BCUT2D eigenvalue weighted by Crippen LogP contribution is 2.29. The number of aryl methyl sites for hydroxylation is 1. The third kappa shape index (κ3) is 3.99. The Morgan fingerprint density at radius 2 is 1.79 bits per heavy atom. The van der Waals surface area contributed by atoms with Crippen LogP contribution in [-0.2, 0) is 0 Å². The van der Waals surface area contributed by atoms with E-state index in [2.05, 4.69) is 27.6 Å². The average molecular weight is 389 g/mol. The van der Waals surface area contributed by atoms with Gasteiger partial charge in [0, 0.05) is 13.1 Å². The molecular formula is C22H23N5O2. The Kier molecular flexibility index (Phi) is 5.29. The van der Waals surface area contributed by atoms with Gasteiger partial charge in [-0.3, -0.25) is 5.43 Å². The molecule has 0 atom stereocenters. The van der Waals surface area contributed by atoms with E-state index in [1.54, 1.807) is 30.5 Å². The van der Waals surface area contributed by atoms with Crippen molar-refractivity contribution in [3.8, 4) is 5.69 Å². The van der Waals surface area contributed by atoms with Crippen LogP contribution in [0.3, 0.4) is 0 Å². The molecule has 2 aromatic carbocycles. The highest BCUT2D eigenvalue weighted by atomic mass is 16.4. The normalized spacial score (nSPS) is 13.9. The third-order valence-corrected chi connectivity index (χ3v) is 5.01. The van der Waals surface area contributed by atoms with E-state index >= 15 is 0 Å². The summed E-state index contributed by atoms with van der Waals surface area (Å²) in [6.45, 7) is 3.99. The number of hydrogen-bond donors (Lipinski definition) is 2. The zero-order valence-electron chi connectivity index (χ0n) is 16.2. The summed E-state index contributed by atoms with van der Waals surface area (Å²) < 4.78 is 1.99. The lowest BCUT2D eigenvalue weighted by atomic mass is 10.2. The van der Waals surface area contributed by atoms with Gasteiger partial charge in [-0.2, -0.15) is 10.2 Å². The molecular weight excluding hydrogens is 366 g/mol. The highest BCUT2D eigenvalue weighted by molar-refractivity contribution is 5.90. The van der Waals surface area contributed by atoms with Crippen molar-refractivity contribution >= 4 is 23.7 Å².